The van der Waals surface area contributed by atoms with Gasteiger partial charge in [-0.3, -0.25) is 4.90 Å². The third-order valence-corrected chi connectivity index (χ3v) is 3.33. The molecule has 5 heteroatoms. The zero-order valence-corrected chi connectivity index (χ0v) is 13.4. The monoisotopic (exact) mass is 295 g/mol. The highest BCUT2D eigenvalue weighted by Gasteiger charge is 2.38. The first-order valence-electron chi connectivity index (χ1n) is 6.71. The number of hydrogen-bond donors (Lipinski definition) is 0. The van der Waals surface area contributed by atoms with Gasteiger partial charge in [-0.05, 0) is 40.2 Å². The second-order valence-corrected chi connectivity index (χ2v) is 6.24. The first-order chi connectivity index (χ1) is 9.53. The molecule has 116 valence electrons. The molecule has 0 heterocycles. The van der Waals surface area contributed by atoms with Crippen LogP contribution in [-0.2, 0) is 15.1 Å². The van der Waals surface area contributed by atoms with E-state index in [9.17, 15) is 14.0 Å². The van der Waals surface area contributed by atoms with Crippen molar-refractivity contribution in [3.63, 3.8) is 0 Å². The Labute approximate surface area is 124 Å². The lowest BCUT2D eigenvalue weighted by Gasteiger charge is -2.36. The van der Waals surface area contributed by atoms with Crippen LogP contribution in [0.15, 0.2) is 18.2 Å². The van der Waals surface area contributed by atoms with E-state index in [4.69, 9.17) is 4.74 Å². The summed E-state index contributed by atoms with van der Waals surface area (Å²) in [6, 6.07) is 4.76. The molecule has 0 spiro atoms. The van der Waals surface area contributed by atoms with Crippen LogP contribution in [0.5, 0.6) is 0 Å². The SMILES string of the molecule is Cc1cccc(C(C)(C=O)N(C)C(=O)OC(C)(C)C)c1F. The van der Waals surface area contributed by atoms with E-state index in [1.54, 1.807) is 39.8 Å². The normalized spacial score (nSPS) is 14.2. The Morgan fingerprint density at radius 2 is 1.86 bits per heavy atom. The van der Waals surface area contributed by atoms with Crippen LogP contribution in [-0.4, -0.2) is 29.9 Å². The zero-order valence-electron chi connectivity index (χ0n) is 13.4. The summed E-state index contributed by atoms with van der Waals surface area (Å²) in [6.07, 6.45) is -0.132. The summed E-state index contributed by atoms with van der Waals surface area (Å²) < 4.78 is 19.6. The maximum atomic E-state index is 14.3. The molecule has 0 saturated carbocycles. The van der Waals surface area contributed by atoms with Crippen LogP contribution in [0, 0.1) is 12.7 Å². The Morgan fingerprint density at radius 3 is 2.33 bits per heavy atom. The largest absolute Gasteiger partial charge is 0.444 e. The molecule has 1 unspecified atom stereocenters. The van der Waals surface area contributed by atoms with Gasteiger partial charge in [-0.1, -0.05) is 18.2 Å². The molecule has 0 bridgehead atoms. The standard InChI is InChI=1S/C16H22FNO3/c1-11-8-7-9-12(13(11)17)16(5,10-19)18(6)14(20)21-15(2,3)4/h7-10H,1-6H3. The third kappa shape index (κ3) is 3.60. The number of hydrogen-bond acceptors (Lipinski definition) is 3. The van der Waals surface area contributed by atoms with Gasteiger partial charge >= 0.3 is 6.09 Å². The summed E-state index contributed by atoms with van der Waals surface area (Å²) in [5, 5.41) is 0. The number of carbonyl (C=O) groups excluding carboxylic acids is 2. The first-order valence-corrected chi connectivity index (χ1v) is 6.71. The van der Waals surface area contributed by atoms with Gasteiger partial charge in [-0.2, -0.15) is 0 Å². The van der Waals surface area contributed by atoms with Crippen LogP contribution in [0.25, 0.3) is 0 Å². The number of benzene rings is 1. The highest BCUT2D eigenvalue weighted by atomic mass is 19.1. The minimum absolute atomic E-state index is 0.144. The van der Waals surface area contributed by atoms with Crippen LogP contribution < -0.4 is 0 Å². The molecule has 1 atom stereocenters. The topological polar surface area (TPSA) is 46.6 Å². The van der Waals surface area contributed by atoms with E-state index in [2.05, 4.69) is 0 Å². The number of rotatable bonds is 3. The summed E-state index contributed by atoms with van der Waals surface area (Å²) in [7, 11) is 1.42. The van der Waals surface area contributed by atoms with Gasteiger partial charge in [0.25, 0.3) is 0 Å². The molecule has 1 aromatic carbocycles. The van der Waals surface area contributed by atoms with Crippen molar-refractivity contribution in [2.24, 2.45) is 0 Å². The van der Waals surface area contributed by atoms with Gasteiger partial charge in [0.1, 0.15) is 23.2 Å². The lowest BCUT2D eigenvalue weighted by Crippen LogP contribution is -2.48. The number of aryl methyl sites for hydroxylation is 1. The molecule has 0 aromatic heterocycles. The van der Waals surface area contributed by atoms with Crippen molar-refractivity contribution in [3.8, 4) is 0 Å². The number of ether oxygens (including phenoxy) is 1. The van der Waals surface area contributed by atoms with Crippen LogP contribution in [0.4, 0.5) is 9.18 Å². The predicted octanol–water partition coefficient (Wildman–Crippen LogP) is 3.42. The number of amides is 1. The maximum absolute atomic E-state index is 14.3. The maximum Gasteiger partial charge on any atom is 0.411 e. The molecule has 4 nitrogen and oxygen atoms in total. The van der Waals surface area contributed by atoms with Gasteiger partial charge in [0.05, 0.1) is 0 Å². The van der Waals surface area contributed by atoms with E-state index in [1.165, 1.54) is 20.0 Å². The van der Waals surface area contributed by atoms with Gasteiger partial charge < -0.3 is 9.53 Å². The minimum atomic E-state index is -1.43. The average molecular weight is 295 g/mol. The Hall–Kier alpha value is -1.91. The Kier molecular flexibility index (Phi) is 4.76. The average Bonchev–Trinajstić information content (AvgIpc) is 2.38. The fourth-order valence-electron chi connectivity index (χ4n) is 1.88. The molecule has 1 amide bonds. The Balaban J connectivity index is 3.23. The molecule has 0 aliphatic heterocycles. The molecule has 0 saturated heterocycles. The van der Waals surface area contributed by atoms with Gasteiger partial charge in [0.15, 0.2) is 0 Å². The molecule has 0 N–H and O–H groups in total. The van der Waals surface area contributed by atoms with E-state index in [1.807, 2.05) is 0 Å². The van der Waals surface area contributed by atoms with Gasteiger partial charge in [0, 0.05) is 12.6 Å². The highest BCUT2D eigenvalue weighted by Crippen LogP contribution is 2.30. The molecule has 0 aliphatic rings. The number of halogens is 1. The lowest BCUT2D eigenvalue weighted by molar-refractivity contribution is -0.117. The van der Waals surface area contributed by atoms with Gasteiger partial charge in [-0.15, -0.1) is 0 Å². The molecular weight excluding hydrogens is 273 g/mol. The van der Waals surface area contributed by atoms with Crippen LogP contribution in [0.1, 0.15) is 38.8 Å². The van der Waals surface area contributed by atoms with Crippen molar-refractivity contribution in [3.05, 3.63) is 35.1 Å². The second kappa shape index (κ2) is 5.84. The summed E-state index contributed by atoms with van der Waals surface area (Å²) in [5.74, 6) is -0.498. The Bertz CT molecular complexity index is 551. The Morgan fingerprint density at radius 1 is 1.29 bits per heavy atom. The van der Waals surface area contributed by atoms with Crippen LogP contribution >= 0.6 is 0 Å². The zero-order chi connectivity index (χ0) is 16.4. The summed E-state index contributed by atoms with van der Waals surface area (Å²) in [5.41, 5.74) is -1.57. The number of nitrogens with zero attached hydrogens (tertiary/aromatic N) is 1. The number of carbonyl (C=O) groups is 2. The van der Waals surface area contributed by atoms with Crippen LogP contribution in [0.3, 0.4) is 0 Å². The predicted molar refractivity (Wildman–Crippen MR) is 78.6 cm³/mol. The molecule has 0 fully saturated rings. The molecule has 1 rings (SSSR count). The van der Waals surface area contributed by atoms with E-state index < -0.39 is 23.1 Å². The highest BCUT2D eigenvalue weighted by molar-refractivity contribution is 5.78. The van der Waals surface area contributed by atoms with Crippen molar-refractivity contribution in [2.75, 3.05) is 7.05 Å². The first kappa shape index (κ1) is 17.1. The van der Waals surface area contributed by atoms with Crippen molar-refractivity contribution in [2.45, 2.75) is 45.8 Å². The van der Waals surface area contributed by atoms with E-state index in [0.29, 0.717) is 11.8 Å². The summed E-state index contributed by atoms with van der Waals surface area (Å²) >= 11 is 0. The van der Waals surface area contributed by atoms with Crippen LogP contribution in [0.2, 0.25) is 0 Å². The van der Waals surface area contributed by atoms with E-state index in [-0.39, 0.29) is 5.56 Å². The smallest absolute Gasteiger partial charge is 0.411 e. The second-order valence-electron chi connectivity index (χ2n) is 6.24. The quantitative estimate of drug-likeness (QED) is 0.803. The minimum Gasteiger partial charge on any atom is -0.444 e. The summed E-state index contributed by atoms with van der Waals surface area (Å²) in [6.45, 7) is 8.28. The fourth-order valence-corrected chi connectivity index (χ4v) is 1.88. The van der Waals surface area contributed by atoms with Gasteiger partial charge in [-0.25, -0.2) is 9.18 Å². The molecule has 1 aromatic rings. The van der Waals surface area contributed by atoms with Crippen molar-refractivity contribution in [1.82, 2.24) is 4.90 Å². The van der Waals surface area contributed by atoms with Crippen molar-refractivity contribution < 1.29 is 18.7 Å². The molecule has 21 heavy (non-hydrogen) atoms. The molecular formula is C16H22FNO3. The fraction of sp³-hybridized carbons (Fsp3) is 0.500. The van der Waals surface area contributed by atoms with Gasteiger partial charge in [0.2, 0.25) is 0 Å². The number of aldehydes is 1. The van der Waals surface area contributed by atoms with E-state index in [0.717, 1.165) is 4.90 Å². The molecule has 0 aliphatic carbocycles. The lowest BCUT2D eigenvalue weighted by atomic mass is 9.90. The third-order valence-electron chi connectivity index (χ3n) is 3.33. The van der Waals surface area contributed by atoms with Crippen molar-refractivity contribution in [1.29, 1.82) is 0 Å². The molecule has 0 radical (unpaired) electrons. The van der Waals surface area contributed by atoms with E-state index >= 15 is 0 Å². The number of likely N-dealkylation sites (N-methyl/N-ethyl adjacent to an activating group) is 1. The van der Waals surface area contributed by atoms with Crippen molar-refractivity contribution >= 4 is 12.4 Å². The summed E-state index contributed by atoms with van der Waals surface area (Å²) in [4.78, 5) is 24.9.